The number of hydrogen-bond donors (Lipinski definition) is 1. The fraction of sp³-hybridized carbons (Fsp3) is 0.571. The molecule has 1 aromatic carbocycles. The van der Waals surface area contributed by atoms with Crippen molar-refractivity contribution in [1.82, 2.24) is 5.32 Å². The Balaban J connectivity index is 2.13. The minimum absolute atomic E-state index is 0.176. The average molecular weight is 303 g/mol. The standard InChI is InChI=1S/C14H19F2NO2S/c1-9(11-7-6-10(15)8-12(11)16)17-13-4-3-5-14(13)20(2,18)19/h6-9,13-14,17H,3-5H2,1-2H3. The van der Waals surface area contributed by atoms with Crippen LogP contribution in [0.15, 0.2) is 18.2 Å². The first-order valence-electron chi connectivity index (χ1n) is 6.69. The Kier molecular flexibility index (Phi) is 4.44. The lowest BCUT2D eigenvalue weighted by atomic mass is 10.1. The first-order valence-corrected chi connectivity index (χ1v) is 8.64. The zero-order valence-electron chi connectivity index (χ0n) is 11.6. The van der Waals surface area contributed by atoms with Crippen molar-refractivity contribution in [3.8, 4) is 0 Å². The monoisotopic (exact) mass is 303 g/mol. The predicted octanol–water partition coefficient (Wildman–Crippen LogP) is 2.58. The summed E-state index contributed by atoms with van der Waals surface area (Å²) in [5, 5.41) is 2.75. The highest BCUT2D eigenvalue weighted by Gasteiger charge is 2.35. The van der Waals surface area contributed by atoms with Gasteiger partial charge in [-0.05, 0) is 25.8 Å². The van der Waals surface area contributed by atoms with E-state index in [1.807, 2.05) is 0 Å². The molecule has 6 heteroatoms. The third-order valence-corrected chi connectivity index (χ3v) is 5.56. The average Bonchev–Trinajstić information content (AvgIpc) is 2.76. The maximum atomic E-state index is 13.7. The van der Waals surface area contributed by atoms with Gasteiger partial charge in [0.25, 0.3) is 0 Å². The van der Waals surface area contributed by atoms with Gasteiger partial charge in [-0.1, -0.05) is 12.5 Å². The van der Waals surface area contributed by atoms with Gasteiger partial charge in [0, 0.05) is 30.0 Å². The maximum absolute atomic E-state index is 13.7. The van der Waals surface area contributed by atoms with Gasteiger partial charge in [0.2, 0.25) is 0 Å². The number of sulfone groups is 1. The number of rotatable bonds is 4. The van der Waals surface area contributed by atoms with Crippen molar-refractivity contribution >= 4 is 9.84 Å². The molecule has 0 spiro atoms. The molecule has 1 aromatic rings. The summed E-state index contributed by atoms with van der Waals surface area (Å²) in [5.41, 5.74) is 0.352. The van der Waals surface area contributed by atoms with Crippen LogP contribution >= 0.6 is 0 Å². The fourth-order valence-electron chi connectivity index (χ4n) is 2.89. The summed E-state index contributed by atoms with van der Waals surface area (Å²) in [4.78, 5) is 0. The molecule has 0 aliphatic heterocycles. The van der Waals surface area contributed by atoms with Crippen LogP contribution in [-0.2, 0) is 9.84 Å². The van der Waals surface area contributed by atoms with Gasteiger partial charge >= 0.3 is 0 Å². The van der Waals surface area contributed by atoms with Gasteiger partial charge in [-0.3, -0.25) is 0 Å². The first-order chi connectivity index (χ1) is 9.29. The second-order valence-electron chi connectivity index (χ2n) is 5.46. The Labute approximate surface area is 118 Å². The Morgan fingerprint density at radius 3 is 2.60 bits per heavy atom. The van der Waals surface area contributed by atoms with Crippen LogP contribution in [0.2, 0.25) is 0 Å². The topological polar surface area (TPSA) is 46.2 Å². The maximum Gasteiger partial charge on any atom is 0.151 e. The molecule has 2 rings (SSSR count). The van der Waals surface area contributed by atoms with Gasteiger partial charge in [-0.25, -0.2) is 17.2 Å². The molecule has 3 nitrogen and oxygen atoms in total. The summed E-state index contributed by atoms with van der Waals surface area (Å²) in [5.74, 6) is -1.23. The smallest absolute Gasteiger partial charge is 0.151 e. The molecule has 0 bridgehead atoms. The second kappa shape index (κ2) is 5.77. The first kappa shape index (κ1) is 15.4. The molecule has 1 aliphatic carbocycles. The molecule has 0 heterocycles. The van der Waals surface area contributed by atoms with Crippen LogP contribution in [-0.4, -0.2) is 26.0 Å². The second-order valence-corrected chi connectivity index (χ2v) is 7.72. The summed E-state index contributed by atoms with van der Waals surface area (Å²) in [7, 11) is -3.11. The van der Waals surface area contributed by atoms with Crippen molar-refractivity contribution in [3.05, 3.63) is 35.4 Å². The van der Waals surface area contributed by atoms with Gasteiger partial charge in [-0.15, -0.1) is 0 Å². The Morgan fingerprint density at radius 1 is 1.30 bits per heavy atom. The van der Waals surface area contributed by atoms with E-state index in [0.717, 1.165) is 18.9 Å². The van der Waals surface area contributed by atoms with E-state index in [9.17, 15) is 17.2 Å². The van der Waals surface area contributed by atoms with Crippen molar-refractivity contribution in [1.29, 1.82) is 0 Å². The van der Waals surface area contributed by atoms with Crippen molar-refractivity contribution in [2.24, 2.45) is 0 Å². The molecule has 3 atom stereocenters. The minimum Gasteiger partial charge on any atom is -0.306 e. The molecule has 1 N–H and O–H groups in total. The van der Waals surface area contributed by atoms with Gasteiger partial charge < -0.3 is 5.32 Å². The summed E-state index contributed by atoms with van der Waals surface area (Å²) >= 11 is 0. The van der Waals surface area contributed by atoms with E-state index in [1.54, 1.807) is 6.92 Å². The minimum atomic E-state index is -3.11. The van der Waals surface area contributed by atoms with Crippen molar-refractivity contribution in [2.75, 3.05) is 6.26 Å². The van der Waals surface area contributed by atoms with Crippen molar-refractivity contribution < 1.29 is 17.2 Å². The highest BCUT2D eigenvalue weighted by Crippen LogP contribution is 2.28. The third kappa shape index (κ3) is 3.35. The number of nitrogens with one attached hydrogen (secondary N) is 1. The van der Waals surface area contributed by atoms with Crippen LogP contribution in [0.5, 0.6) is 0 Å². The fourth-order valence-corrected chi connectivity index (χ4v) is 4.30. The van der Waals surface area contributed by atoms with Crippen LogP contribution in [0.1, 0.15) is 37.8 Å². The number of hydrogen-bond acceptors (Lipinski definition) is 3. The number of benzene rings is 1. The van der Waals surface area contributed by atoms with E-state index < -0.39 is 26.7 Å². The van der Waals surface area contributed by atoms with Gasteiger partial charge in [0.1, 0.15) is 11.6 Å². The van der Waals surface area contributed by atoms with E-state index in [0.29, 0.717) is 12.0 Å². The van der Waals surface area contributed by atoms with E-state index in [-0.39, 0.29) is 12.1 Å². The molecule has 1 fully saturated rings. The summed E-state index contributed by atoms with van der Waals surface area (Å²) in [6.07, 6.45) is 3.47. The summed E-state index contributed by atoms with van der Waals surface area (Å²) in [6.45, 7) is 1.76. The largest absolute Gasteiger partial charge is 0.306 e. The summed E-state index contributed by atoms with van der Waals surface area (Å²) < 4.78 is 50.0. The lowest BCUT2D eigenvalue weighted by Crippen LogP contribution is -2.41. The predicted molar refractivity (Wildman–Crippen MR) is 74.2 cm³/mol. The highest BCUT2D eigenvalue weighted by atomic mass is 32.2. The van der Waals surface area contributed by atoms with Gasteiger partial charge in [0.15, 0.2) is 9.84 Å². The molecule has 0 saturated heterocycles. The molecule has 20 heavy (non-hydrogen) atoms. The van der Waals surface area contributed by atoms with Crippen LogP contribution in [0.3, 0.4) is 0 Å². The molecular weight excluding hydrogens is 284 g/mol. The Bertz CT molecular complexity index is 589. The quantitative estimate of drug-likeness (QED) is 0.930. The van der Waals surface area contributed by atoms with Crippen molar-refractivity contribution in [3.63, 3.8) is 0 Å². The van der Waals surface area contributed by atoms with Crippen LogP contribution in [0, 0.1) is 11.6 Å². The highest BCUT2D eigenvalue weighted by molar-refractivity contribution is 7.91. The normalized spacial score (nSPS) is 24.8. The van der Waals surface area contributed by atoms with Gasteiger partial charge in [-0.2, -0.15) is 0 Å². The molecule has 0 amide bonds. The van der Waals surface area contributed by atoms with E-state index in [4.69, 9.17) is 0 Å². The SMILES string of the molecule is CC(NC1CCCC1S(C)(=O)=O)c1ccc(F)cc1F. The lowest BCUT2D eigenvalue weighted by molar-refractivity contribution is 0.441. The van der Waals surface area contributed by atoms with Crippen molar-refractivity contribution in [2.45, 2.75) is 43.5 Å². The molecule has 1 aliphatic rings. The molecule has 1 saturated carbocycles. The Morgan fingerprint density at radius 2 is 2.00 bits per heavy atom. The van der Waals surface area contributed by atoms with E-state index in [2.05, 4.69) is 5.32 Å². The van der Waals surface area contributed by atoms with Crippen LogP contribution < -0.4 is 5.32 Å². The molecule has 0 aromatic heterocycles. The molecule has 0 radical (unpaired) electrons. The zero-order valence-corrected chi connectivity index (χ0v) is 12.4. The molecule has 112 valence electrons. The lowest BCUT2D eigenvalue weighted by Gasteiger charge is -2.24. The molecular formula is C14H19F2NO2S. The van der Waals surface area contributed by atoms with Crippen LogP contribution in [0.4, 0.5) is 8.78 Å². The third-order valence-electron chi connectivity index (χ3n) is 3.90. The Hall–Kier alpha value is -1.01. The van der Waals surface area contributed by atoms with E-state index in [1.165, 1.54) is 18.4 Å². The molecule has 3 unspecified atom stereocenters. The van der Waals surface area contributed by atoms with Crippen LogP contribution in [0.25, 0.3) is 0 Å². The van der Waals surface area contributed by atoms with Gasteiger partial charge in [0.05, 0.1) is 5.25 Å². The zero-order chi connectivity index (χ0) is 14.9. The van der Waals surface area contributed by atoms with E-state index >= 15 is 0 Å². The summed E-state index contributed by atoms with van der Waals surface area (Å²) in [6, 6.07) is 2.91. The number of halogens is 2.